The van der Waals surface area contributed by atoms with Crippen LogP contribution in [-0.4, -0.2) is 28.5 Å². The number of rotatable bonds is 21. The zero-order valence-corrected chi connectivity index (χ0v) is 19.7. The lowest BCUT2D eigenvalue weighted by molar-refractivity contribution is -0.137. The van der Waals surface area contributed by atoms with Crippen molar-refractivity contribution in [3.8, 4) is 0 Å². The second-order valence-electron chi connectivity index (χ2n) is 7.95. The van der Waals surface area contributed by atoms with Crippen LogP contribution in [0.15, 0.2) is 0 Å². The Morgan fingerprint density at radius 1 is 0.607 bits per heavy atom. The van der Waals surface area contributed by atoms with Crippen molar-refractivity contribution in [1.29, 1.82) is 0 Å². The van der Waals surface area contributed by atoms with Gasteiger partial charge in [0.05, 0.1) is 0 Å². The maximum absolute atomic E-state index is 10.3. The summed E-state index contributed by atoms with van der Waals surface area (Å²) in [6.07, 6.45) is 24.7. The van der Waals surface area contributed by atoms with Gasteiger partial charge in [0, 0.05) is 13.0 Å². The average Bonchev–Trinajstić information content (AvgIpc) is 2.68. The summed E-state index contributed by atoms with van der Waals surface area (Å²) in [4.78, 5) is 10.3. The van der Waals surface area contributed by atoms with Crippen LogP contribution in [0.2, 0.25) is 0 Å². The summed E-state index contributed by atoms with van der Waals surface area (Å²) < 4.78 is 0. The number of unbranched alkanes of at least 4 members (excludes halogenated alkanes) is 17. The van der Waals surface area contributed by atoms with Crippen LogP contribution in [0.4, 0.5) is 0 Å². The molecule has 0 aromatic rings. The van der Waals surface area contributed by atoms with Gasteiger partial charge >= 0.3 is 5.97 Å². The SMILES string of the molecule is CCCCCCCCCCCCCCCCCC(=O)O.OCCCCCCS. The Kier molecular flexibility index (Phi) is 31.0. The van der Waals surface area contributed by atoms with Crippen LogP contribution in [0.5, 0.6) is 0 Å². The fraction of sp³-hybridized carbons (Fsp3) is 0.958. The highest BCUT2D eigenvalue weighted by Crippen LogP contribution is 2.13. The Balaban J connectivity index is 0. The average molecular weight is 419 g/mol. The Hall–Kier alpha value is -0.220. The highest BCUT2D eigenvalue weighted by molar-refractivity contribution is 7.80. The van der Waals surface area contributed by atoms with Gasteiger partial charge in [-0.1, -0.05) is 110 Å². The first kappa shape index (κ1) is 30.0. The molecule has 0 atom stereocenters. The van der Waals surface area contributed by atoms with Gasteiger partial charge in [0.1, 0.15) is 0 Å². The van der Waals surface area contributed by atoms with Crippen LogP contribution in [0.3, 0.4) is 0 Å². The van der Waals surface area contributed by atoms with Crippen LogP contribution in [0.25, 0.3) is 0 Å². The topological polar surface area (TPSA) is 57.5 Å². The quantitative estimate of drug-likeness (QED) is 0.132. The molecule has 0 radical (unpaired) electrons. The van der Waals surface area contributed by atoms with Crippen LogP contribution >= 0.6 is 12.6 Å². The maximum Gasteiger partial charge on any atom is 0.303 e. The zero-order chi connectivity index (χ0) is 21.1. The first-order valence-electron chi connectivity index (χ1n) is 12.1. The number of carboxylic acid groups (broad SMARTS) is 1. The summed E-state index contributed by atoms with van der Waals surface area (Å²) in [7, 11) is 0. The van der Waals surface area contributed by atoms with Crippen LogP contribution < -0.4 is 0 Å². The first-order valence-corrected chi connectivity index (χ1v) is 12.8. The van der Waals surface area contributed by atoms with E-state index in [2.05, 4.69) is 19.6 Å². The van der Waals surface area contributed by atoms with E-state index < -0.39 is 5.97 Å². The zero-order valence-electron chi connectivity index (χ0n) is 18.8. The molecule has 0 aliphatic heterocycles. The van der Waals surface area contributed by atoms with E-state index >= 15 is 0 Å². The monoisotopic (exact) mass is 418 g/mol. The molecule has 0 aliphatic rings. The van der Waals surface area contributed by atoms with Crippen molar-refractivity contribution in [3.63, 3.8) is 0 Å². The van der Waals surface area contributed by atoms with Crippen LogP contribution in [0.1, 0.15) is 135 Å². The van der Waals surface area contributed by atoms with E-state index in [1.165, 1.54) is 96.3 Å². The van der Waals surface area contributed by atoms with Crippen molar-refractivity contribution in [2.24, 2.45) is 0 Å². The van der Waals surface area contributed by atoms with Gasteiger partial charge in [-0.2, -0.15) is 12.6 Å². The van der Waals surface area contributed by atoms with Gasteiger partial charge in [0.25, 0.3) is 0 Å². The van der Waals surface area contributed by atoms with Gasteiger partial charge in [-0.3, -0.25) is 4.79 Å². The molecule has 0 aromatic carbocycles. The Morgan fingerprint density at radius 3 is 1.32 bits per heavy atom. The van der Waals surface area contributed by atoms with E-state index in [1.54, 1.807) is 0 Å². The minimum absolute atomic E-state index is 0.340. The summed E-state index contributed by atoms with van der Waals surface area (Å²) in [5.74, 6) is 0.325. The lowest BCUT2D eigenvalue weighted by Gasteiger charge is -2.03. The number of aliphatic hydroxyl groups excluding tert-OH is 1. The summed E-state index contributed by atoms with van der Waals surface area (Å²) in [6.45, 7) is 2.61. The van der Waals surface area contributed by atoms with Gasteiger partial charge in [-0.15, -0.1) is 0 Å². The predicted octanol–water partition coefficient (Wildman–Crippen LogP) is 7.80. The molecule has 28 heavy (non-hydrogen) atoms. The Morgan fingerprint density at radius 2 is 0.964 bits per heavy atom. The lowest BCUT2D eigenvalue weighted by atomic mass is 10.0. The van der Waals surface area contributed by atoms with Crippen LogP contribution in [0, 0.1) is 0 Å². The van der Waals surface area contributed by atoms with Crippen LogP contribution in [-0.2, 0) is 4.79 Å². The van der Waals surface area contributed by atoms with Crippen molar-refractivity contribution in [2.45, 2.75) is 135 Å². The van der Waals surface area contributed by atoms with E-state index in [0.29, 0.717) is 13.0 Å². The molecule has 0 unspecified atom stereocenters. The second kappa shape index (κ2) is 29.0. The Labute approximate surface area is 181 Å². The highest BCUT2D eigenvalue weighted by Gasteiger charge is 1.97. The number of aliphatic carboxylic acids is 1. The molecule has 0 saturated carbocycles. The third kappa shape index (κ3) is 33.4. The van der Waals surface area contributed by atoms with Crippen molar-refractivity contribution in [3.05, 3.63) is 0 Å². The fourth-order valence-corrected chi connectivity index (χ4v) is 3.45. The largest absolute Gasteiger partial charge is 0.481 e. The smallest absolute Gasteiger partial charge is 0.303 e. The summed E-state index contributed by atoms with van der Waals surface area (Å²) in [5.41, 5.74) is 0. The Bertz CT molecular complexity index is 279. The molecule has 0 fully saturated rings. The molecule has 2 N–H and O–H groups in total. The van der Waals surface area contributed by atoms with E-state index in [9.17, 15) is 4.79 Å². The predicted molar refractivity (Wildman–Crippen MR) is 127 cm³/mol. The van der Waals surface area contributed by atoms with Gasteiger partial charge in [0.2, 0.25) is 0 Å². The molecular weight excluding hydrogens is 368 g/mol. The molecular formula is C24H50O3S. The summed E-state index contributed by atoms with van der Waals surface area (Å²) in [6, 6.07) is 0. The molecule has 0 heterocycles. The summed E-state index contributed by atoms with van der Waals surface area (Å²) >= 11 is 4.06. The molecule has 0 spiro atoms. The highest BCUT2D eigenvalue weighted by atomic mass is 32.1. The van der Waals surface area contributed by atoms with E-state index in [4.69, 9.17) is 10.2 Å². The van der Waals surface area contributed by atoms with Crippen molar-refractivity contribution < 1.29 is 15.0 Å². The number of hydrogen-bond acceptors (Lipinski definition) is 3. The van der Waals surface area contributed by atoms with Gasteiger partial charge in [0.15, 0.2) is 0 Å². The minimum Gasteiger partial charge on any atom is -0.481 e. The summed E-state index contributed by atoms with van der Waals surface area (Å²) in [5, 5.41) is 16.9. The minimum atomic E-state index is -0.653. The molecule has 0 saturated heterocycles. The second-order valence-corrected chi connectivity index (χ2v) is 8.40. The lowest BCUT2D eigenvalue weighted by Crippen LogP contribution is -1.93. The first-order chi connectivity index (χ1) is 13.7. The number of aliphatic hydroxyl groups is 1. The third-order valence-corrected chi connectivity index (χ3v) is 5.38. The van der Waals surface area contributed by atoms with Crippen molar-refractivity contribution in [2.75, 3.05) is 12.4 Å². The van der Waals surface area contributed by atoms with E-state index in [-0.39, 0.29) is 0 Å². The number of hydrogen-bond donors (Lipinski definition) is 3. The van der Waals surface area contributed by atoms with E-state index in [0.717, 1.165) is 31.4 Å². The van der Waals surface area contributed by atoms with E-state index in [1.807, 2.05) is 0 Å². The van der Waals surface area contributed by atoms with Crippen molar-refractivity contribution in [1.82, 2.24) is 0 Å². The van der Waals surface area contributed by atoms with Gasteiger partial charge in [-0.25, -0.2) is 0 Å². The van der Waals surface area contributed by atoms with Gasteiger partial charge < -0.3 is 10.2 Å². The van der Waals surface area contributed by atoms with Gasteiger partial charge in [-0.05, 0) is 25.0 Å². The third-order valence-electron chi connectivity index (χ3n) is 5.06. The molecule has 0 rings (SSSR count). The molecule has 0 aromatic heterocycles. The molecule has 170 valence electrons. The van der Waals surface area contributed by atoms with Crippen molar-refractivity contribution >= 4 is 18.6 Å². The molecule has 0 amide bonds. The molecule has 4 heteroatoms. The normalized spacial score (nSPS) is 10.5. The number of carbonyl (C=O) groups is 1. The maximum atomic E-state index is 10.3. The fourth-order valence-electron chi connectivity index (χ4n) is 3.22. The standard InChI is InChI=1S/C18H36O2.C6H14OS/c1-2-3-4-5-6-7-8-9-10-11-12-13-14-15-16-17-18(19)20;7-5-3-1-2-4-6-8/h2-17H2,1H3,(H,19,20);7-8H,1-6H2. The molecule has 0 bridgehead atoms. The molecule has 0 aliphatic carbocycles. The number of thiol groups is 1. The number of carboxylic acids is 1. The molecule has 3 nitrogen and oxygen atoms in total.